The number of benzene rings is 1. The topological polar surface area (TPSA) is 0 Å². The highest BCUT2D eigenvalue weighted by Gasteiger charge is 2.58. The van der Waals surface area contributed by atoms with E-state index in [9.17, 15) is 13.2 Å². The number of hydrogen-bond acceptors (Lipinski definition) is 0. The van der Waals surface area contributed by atoms with Crippen LogP contribution in [0.25, 0.3) is 6.08 Å². The molecule has 1 aromatic carbocycles. The van der Waals surface area contributed by atoms with Crippen LogP contribution in [0, 0.1) is 12.8 Å². The van der Waals surface area contributed by atoms with Crippen molar-refractivity contribution in [2.75, 3.05) is 0 Å². The Bertz CT molecular complexity index is 546. The van der Waals surface area contributed by atoms with Crippen LogP contribution < -0.4 is 0 Å². The molecule has 0 nitrogen and oxygen atoms in total. The van der Waals surface area contributed by atoms with Gasteiger partial charge in [-0.15, -0.1) is 0 Å². The molecule has 1 saturated carbocycles. The van der Waals surface area contributed by atoms with Crippen molar-refractivity contribution in [2.45, 2.75) is 30.2 Å². The van der Waals surface area contributed by atoms with Crippen molar-refractivity contribution >= 4 is 29.4 Å². The quantitative estimate of drug-likeness (QED) is 0.612. The SMILES string of the molecule is Cc1cccc2c1C=C(C1CC1)S2(Br)C(F)(F)F. The summed E-state index contributed by atoms with van der Waals surface area (Å²) in [6.45, 7) is 1.87. The normalized spacial score (nSPS) is 30.6. The summed E-state index contributed by atoms with van der Waals surface area (Å²) in [4.78, 5) is 0.996. The Morgan fingerprint density at radius 2 is 1.94 bits per heavy atom. The molecule has 98 valence electrons. The lowest BCUT2D eigenvalue weighted by Gasteiger charge is -2.35. The predicted octanol–water partition coefficient (Wildman–Crippen LogP) is 5.75. The molecular formula is C13H12BrF3S. The molecule has 3 rings (SSSR count). The van der Waals surface area contributed by atoms with Gasteiger partial charge in [-0.1, -0.05) is 12.1 Å². The zero-order valence-corrected chi connectivity index (χ0v) is 12.1. The van der Waals surface area contributed by atoms with Crippen molar-refractivity contribution in [1.29, 1.82) is 0 Å². The maximum Gasteiger partial charge on any atom is 0.442 e. The van der Waals surface area contributed by atoms with E-state index in [1.165, 1.54) is 0 Å². The highest BCUT2D eigenvalue weighted by molar-refractivity contribution is 9.59. The number of aryl methyl sites for hydroxylation is 1. The second-order valence-corrected chi connectivity index (χ2v) is 10.2. The van der Waals surface area contributed by atoms with E-state index < -0.39 is 14.0 Å². The van der Waals surface area contributed by atoms with E-state index in [0.717, 1.165) is 24.0 Å². The highest BCUT2D eigenvalue weighted by atomic mass is 79.9. The van der Waals surface area contributed by atoms with Gasteiger partial charge < -0.3 is 0 Å². The first-order chi connectivity index (χ1) is 8.35. The number of halogens is 4. The van der Waals surface area contributed by atoms with E-state index >= 15 is 0 Å². The van der Waals surface area contributed by atoms with E-state index in [1.54, 1.807) is 18.2 Å². The van der Waals surface area contributed by atoms with Gasteiger partial charge >= 0.3 is 5.51 Å². The molecule has 1 aliphatic carbocycles. The third-order valence-corrected chi connectivity index (χ3v) is 9.47. The number of alkyl halides is 3. The van der Waals surface area contributed by atoms with Gasteiger partial charge in [0.15, 0.2) is 0 Å². The molecule has 1 atom stereocenters. The van der Waals surface area contributed by atoms with Crippen molar-refractivity contribution in [3.8, 4) is 0 Å². The Labute approximate surface area is 113 Å². The van der Waals surface area contributed by atoms with Crippen LogP contribution in [0.5, 0.6) is 0 Å². The zero-order valence-electron chi connectivity index (χ0n) is 9.72. The zero-order chi connectivity index (χ0) is 13.1. The van der Waals surface area contributed by atoms with Gasteiger partial charge in [-0.3, -0.25) is 0 Å². The molecule has 1 fully saturated rings. The molecule has 1 unspecified atom stereocenters. The van der Waals surface area contributed by atoms with Gasteiger partial charge in [0.1, 0.15) is 0 Å². The van der Waals surface area contributed by atoms with Gasteiger partial charge in [0, 0.05) is 4.90 Å². The Morgan fingerprint density at radius 3 is 2.50 bits per heavy atom. The molecule has 0 N–H and O–H groups in total. The van der Waals surface area contributed by atoms with Crippen molar-refractivity contribution in [3.05, 3.63) is 34.2 Å². The van der Waals surface area contributed by atoms with Gasteiger partial charge in [-0.05, 0) is 77.1 Å². The summed E-state index contributed by atoms with van der Waals surface area (Å²) >= 11 is 3.10. The number of rotatable bonds is 1. The molecule has 0 radical (unpaired) electrons. The third-order valence-electron chi connectivity index (χ3n) is 3.50. The summed E-state index contributed by atoms with van der Waals surface area (Å²) in [5.74, 6) is 0.118. The fourth-order valence-electron chi connectivity index (χ4n) is 2.41. The molecule has 0 saturated heterocycles. The lowest BCUT2D eigenvalue weighted by Crippen LogP contribution is -2.16. The number of allylic oxidation sites excluding steroid dienone is 1. The molecule has 2 aliphatic rings. The van der Waals surface area contributed by atoms with Crippen molar-refractivity contribution in [2.24, 2.45) is 5.92 Å². The molecule has 1 aromatic rings. The van der Waals surface area contributed by atoms with E-state index in [0.29, 0.717) is 9.80 Å². The summed E-state index contributed by atoms with van der Waals surface area (Å²) in [6.07, 6.45) is 3.55. The van der Waals surface area contributed by atoms with Gasteiger partial charge in [0.25, 0.3) is 0 Å². The lowest BCUT2D eigenvalue weighted by molar-refractivity contribution is -0.0356. The Balaban J connectivity index is 2.24. The van der Waals surface area contributed by atoms with Crippen LogP contribution in [0.4, 0.5) is 13.2 Å². The average molecular weight is 337 g/mol. The first-order valence-electron chi connectivity index (χ1n) is 5.76. The van der Waals surface area contributed by atoms with Crippen LogP contribution in [-0.4, -0.2) is 5.51 Å². The maximum atomic E-state index is 13.5. The van der Waals surface area contributed by atoms with Crippen molar-refractivity contribution in [3.63, 3.8) is 0 Å². The largest absolute Gasteiger partial charge is 0.442 e. The van der Waals surface area contributed by atoms with E-state index in [-0.39, 0.29) is 5.92 Å². The maximum absolute atomic E-state index is 13.5. The van der Waals surface area contributed by atoms with Crippen molar-refractivity contribution in [1.82, 2.24) is 0 Å². The van der Waals surface area contributed by atoms with Gasteiger partial charge in [0.05, 0.1) is 0 Å². The third kappa shape index (κ3) is 1.59. The summed E-state index contributed by atoms with van der Waals surface area (Å²) in [7, 11) is -3.01. The van der Waals surface area contributed by atoms with Crippen LogP contribution in [0.15, 0.2) is 28.0 Å². The second kappa shape index (κ2) is 3.79. The smallest absolute Gasteiger partial charge is 0.160 e. The Morgan fingerprint density at radius 1 is 1.28 bits per heavy atom. The first kappa shape index (κ1) is 12.6. The van der Waals surface area contributed by atoms with E-state index in [1.807, 2.05) is 13.0 Å². The van der Waals surface area contributed by atoms with E-state index in [2.05, 4.69) is 14.8 Å². The van der Waals surface area contributed by atoms with Crippen LogP contribution >= 0.6 is 23.3 Å². The van der Waals surface area contributed by atoms with E-state index in [4.69, 9.17) is 0 Å². The van der Waals surface area contributed by atoms with Crippen LogP contribution in [-0.2, 0) is 0 Å². The minimum Gasteiger partial charge on any atom is -0.160 e. The second-order valence-electron chi connectivity index (χ2n) is 4.79. The molecule has 1 heterocycles. The number of fused-ring (bicyclic) bond motifs is 1. The lowest BCUT2D eigenvalue weighted by atomic mass is 10.1. The fraction of sp³-hybridized carbons (Fsp3) is 0.385. The Hall–Kier alpha value is -0.420. The summed E-state index contributed by atoms with van der Waals surface area (Å²) < 4.78 is 40.6. The van der Waals surface area contributed by atoms with Gasteiger partial charge in [-0.2, -0.15) is 13.2 Å². The molecular weight excluding hydrogens is 325 g/mol. The Kier molecular flexibility index (Phi) is 2.66. The van der Waals surface area contributed by atoms with Gasteiger partial charge in [0.2, 0.25) is 0 Å². The summed E-state index contributed by atoms with van der Waals surface area (Å²) in [5, 5.41) is 0. The summed E-state index contributed by atoms with van der Waals surface area (Å²) in [5.41, 5.74) is -2.53. The molecule has 1 aliphatic heterocycles. The highest BCUT2D eigenvalue weighted by Crippen LogP contribution is 2.83. The molecule has 5 heteroatoms. The number of hydrogen-bond donors (Lipinski definition) is 0. The van der Waals surface area contributed by atoms with Crippen molar-refractivity contribution < 1.29 is 13.2 Å². The molecule has 0 amide bonds. The van der Waals surface area contributed by atoms with Crippen LogP contribution in [0.3, 0.4) is 0 Å². The standard InChI is InChI=1S/C13H12BrF3S/c1-8-3-2-4-11-10(8)7-12(9-5-6-9)18(11,14)13(15,16)17/h2-4,7,9H,5-6H2,1H3. The average Bonchev–Trinajstić information content (AvgIpc) is 3.05. The molecule has 0 spiro atoms. The fourth-order valence-corrected chi connectivity index (χ4v) is 6.86. The molecule has 18 heavy (non-hydrogen) atoms. The molecule has 0 aromatic heterocycles. The van der Waals surface area contributed by atoms with Gasteiger partial charge in [-0.25, -0.2) is 0 Å². The molecule has 0 bridgehead atoms. The predicted molar refractivity (Wildman–Crippen MR) is 72.7 cm³/mol. The van der Waals surface area contributed by atoms with Crippen LogP contribution in [0.2, 0.25) is 0 Å². The first-order valence-corrected chi connectivity index (χ1v) is 9.24. The summed E-state index contributed by atoms with van der Waals surface area (Å²) in [6, 6.07) is 5.20. The van der Waals surface area contributed by atoms with Crippen LogP contribution in [0.1, 0.15) is 24.0 Å². The monoisotopic (exact) mass is 336 g/mol. The minimum absolute atomic E-state index is 0.118. The minimum atomic E-state index is -4.22.